The van der Waals surface area contributed by atoms with E-state index in [1.54, 1.807) is 11.8 Å². The number of carbonyl (C=O) groups is 2. The summed E-state index contributed by atoms with van der Waals surface area (Å²) in [6.07, 6.45) is 2.99. The molecule has 0 radical (unpaired) electrons. The smallest absolute Gasteiger partial charge is 0.305 e. The van der Waals surface area contributed by atoms with Crippen molar-refractivity contribution in [1.82, 2.24) is 0 Å². The van der Waals surface area contributed by atoms with Gasteiger partial charge in [0, 0.05) is 13.0 Å². The third-order valence-corrected chi connectivity index (χ3v) is 3.38. The Hall–Kier alpha value is -2.04. The van der Waals surface area contributed by atoms with E-state index in [2.05, 4.69) is 0 Å². The molecule has 0 unspecified atom stereocenters. The van der Waals surface area contributed by atoms with Crippen molar-refractivity contribution < 1.29 is 19.1 Å². The van der Waals surface area contributed by atoms with Crippen LogP contribution < -0.4 is 9.64 Å². The molecule has 0 fully saturated rings. The van der Waals surface area contributed by atoms with Crippen molar-refractivity contribution in [2.45, 2.75) is 32.6 Å². The highest BCUT2D eigenvalue weighted by molar-refractivity contribution is 5.97. The third kappa shape index (κ3) is 4.21. The van der Waals surface area contributed by atoms with Crippen LogP contribution in [0.3, 0.4) is 0 Å². The van der Waals surface area contributed by atoms with Crippen LogP contribution in [-0.2, 0) is 14.3 Å². The zero-order valence-electron chi connectivity index (χ0n) is 12.3. The summed E-state index contributed by atoms with van der Waals surface area (Å²) in [6.45, 7) is 2.99. The van der Waals surface area contributed by atoms with E-state index in [9.17, 15) is 9.59 Å². The van der Waals surface area contributed by atoms with Gasteiger partial charge in [0.15, 0.2) is 6.61 Å². The first-order chi connectivity index (χ1) is 10.2. The number of anilines is 1. The largest absolute Gasteiger partial charge is 0.482 e. The topological polar surface area (TPSA) is 55.8 Å². The number of nitrogens with zero attached hydrogens (tertiary/aromatic N) is 1. The number of unbranched alkanes of at least 4 members (excludes halogenated alkanes) is 2. The van der Waals surface area contributed by atoms with E-state index in [0.717, 1.165) is 30.7 Å². The fourth-order valence-electron chi connectivity index (χ4n) is 2.35. The Bertz CT molecular complexity index is 501. The lowest BCUT2D eigenvalue weighted by Gasteiger charge is -2.29. The number of hydrogen-bond acceptors (Lipinski definition) is 4. The second-order valence-corrected chi connectivity index (χ2v) is 4.92. The molecule has 1 aliphatic rings. The first-order valence-electron chi connectivity index (χ1n) is 7.40. The molecule has 1 aliphatic heterocycles. The van der Waals surface area contributed by atoms with Gasteiger partial charge in [-0.25, -0.2) is 0 Å². The van der Waals surface area contributed by atoms with Crippen LogP contribution in [0.4, 0.5) is 5.69 Å². The highest BCUT2D eigenvalue weighted by Crippen LogP contribution is 2.31. The zero-order valence-corrected chi connectivity index (χ0v) is 12.3. The van der Waals surface area contributed by atoms with Crippen LogP contribution in [0.5, 0.6) is 5.75 Å². The lowest BCUT2D eigenvalue weighted by atomic mass is 10.1. The van der Waals surface area contributed by atoms with Gasteiger partial charge in [0.05, 0.1) is 12.3 Å². The molecule has 114 valence electrons. The molecule has 0 saturated carbocycles. The summed E-state index contributed by atoms with van der Waals surface area (Å²) >= 11 is 0. The van der Waals surface area contributed by atoms with Crippen LogP contribution in [-0.4, -0.2) is 31.6 Å². The Labute approximate surface area is 124 Å². The molecule has 0 atom stereocenters. The minimum absolute atomic E-state index is 0.0147. The normalized spacial score (nSPS) is 13.6. The van der Waals surface area contributed by atoms with Crippen molar-refractivity contribution in [1.29, 1.82) is 0 Å². The van der Waals surface area contributed by atoms with E-state index in [0.29, 0.717) is 19.6 Å². The van der Waals surface area contributed by atoms with Crippen molar-refractivity contribution >= 4 is 17.6 Å². The number of amides is 1. The number of hydrogen-bond donors (Lipinski definition) is 0. The summed E-state index contributed by atoms with van der Waals surface area (Å²) in [5.41, 5.74) is 0.833. The predicted octanol–water partition coefficient (Wildman–Crippen LogP) is 2.54. The van der Waals surface area contributed by atoms with E-state index in [1.165, 1.54) is 0 Å². The SMILES string of the molecule is CCOC(=O)CCCCCN1C(=O)COc2ccccc21. The average Bonchev–Trinajstić information content (AvgIpc) is 2.49. The molecule has 0 N–H and O–H groups in total. The molecule has 21 heavy (non-hydrogen) atoms. The van der Waals surface area contributed by atoms with Gasteiger partial charge < -0.3 is 14.4 Å². The summed E-state index contributed by atoms with van der Waals surface area (Å²) < 4.78 is 10.3. The van der Waals surface area contributed by atoms with Gasteiger partial charge in [0.2, 0.25) is 0 Å². The number of ether oxygens (including phenoxy) is 2. The summed E-state index contributed by atoms with van der Waals surface area (Å²) in [7, 11) is 0. The van der Waals surface area contributed by atoms with Crippen molar-refractivity contribution in [2.24, 2.45) is 0 Å². The second-order valence-electron chi connectivity index (χ2n) is 4.92. The summed E-state index contributed by atoms with van der Waals surface area (Å²) in [6, 6.07) is 7.56. The van der Waals surface area contributed by atoms with Gasteiger partial charge in [-0.05, 0) is 31.9 Å². The molecular weight excluding hydrogens is 270 g/mol. The first kappa shape index (κ1) is 15.4. The molecule has 1 heterocycles. The van der Waals surface area contributed by atoms with Crippen LogP contribution in [0.1, 0.15) is 32.6 Å². The van der Waals surface area contributed by atoms with E-state index in [-0.39, 0.29) is 18.5 Å². The van der Waals surface area contributed by atoms with Gasteiger partial charge in [-0.1, -0.05) is 18.6 Å². The van der Waals surface area contributed by atoms with Crippen molar-refractivity contribution in [3.8, 4) is 5.75 Å². The number of para-hydroxylation sites is 2. The molecule has 1 aromatic rings. The average molecular weight is 291 g/mol. The minimum atomic E-state index is -0.148. The van der Waals surface area contributed by atoms with E-state index in [1.807, 2.05) is 24.3 Å². The Kier molecular flexibility index (Phi) is 5.60. The second kappa shape index (κ2) is 7.67. The zero-order chi connectivity index (χ0) is 15.1. The highest BCUT2D eigenvalue weighted by Gasteiger charge is 2.24. The Morgan fingerprint density at radius 1 is 1.29 bits per heavy atom. The fraction of sp³-hybridized carbons (Fsp3) is 0.500. The highest BCUT2D eigenvalue weighted by atomic mass is 16.5. The Morgan fingerprint density at radius 2 is 2.10 bits per heavy atom. The summed E-state index contributed by atoms with van der Waals surface area (Å²) in [5, 5.41) is 0. The molecule has 2 rings (SSSR count). The van der Waals surface area contributed by atoms with Crippen molar-refractivity contribution in [2.75, 3.05) is 24.7 Å². The molecule has 5 heteroatoms. The molecule has 1 aromatic carbocycles. The number of rotatable bonds is 7. The maximum absolute atomic E-state index is 11.9. The number of esters is 1. The number of benzene rings is 1. The van der Waals surface area contributed by atoms with Crippen molar-refractivity contribution in [3.05, 3.63) is 24.3 Å². The van der Waals surface area contributed by atoms with Gasteiger partial charge in [-0.3, -0.25) is 9.59 Å². The molecule has 1 amide bonds. The molecule has 0 aliphatic carbocycles. The van der Waals surface area contributed by atoms with Crippen LogP contribution in [0.15, 0.2) is 24.3 Å². The molecule has 0 bridgehead atoms. The van der Waals surface area contributed by atoms with Gasteiger partial charge in [0.1, 0.15) is 5.75 Å². The Morgan fingerprint density at radius 3 is 2.90 bits per heavy atom. The minimum Gasteiger partial charge on any atom is -0.482 e. The fourth-order valence-corrected chi connectivity index (χ4v) is 2.35. The van der Waals surface area contributed by atoms with Gasteiger partial charge in [-0.2, -0.15) is 0 Å². The van der Waals surface area contributed by atoms with Gasteiger partial charge in [0.25, 0.3) is 5.91 Å². The van der Waals surface area contributed by atoms with E-state index in [4.69, 9.17) is 9.47 Å². The maximum atomic E-state index is 11.9. The van der Waals surface area contributed by atoms with Crippen molar-refractivity contribution in [3.63, 3.8) is 0 Å². The molecule has 0 aromatic heterocycles. The van der Waals surface area contributed by atoms with Crippen LogP contribution >= 0.6 is 0 Å². The number of carbonyl (C=O) groups excluding carboxylic acids is 2. The summed E-state index contributed by atoms with van der Waals surface area (Å²) in [5.74, 6) is 0.591. The standard InChI is InChI=1S/C16H21NO4/c1-2-20-16(19)10-4-3-7-11-17-13-8-5-6-9-14(13)21-12-15(17)18/h5-6,8-9H,2-4,7,10-12H2,1H3. The lowest BCUT2D eigenvalue weighted by Crippen LogP contribution is -2.39. The molecule has 0 spiro atoms. The molecular formula is C16H21NO4. The molecule has 0 saturated heterocycles. The van der Waals surface area contributed by atoms with E-state index < -0.39 is 0 Å². The van der Waals surface area contributed by atoms with Gasteiger partial charge >= 0.3 is 5.97 Å². The summed E-state index contributed by atoms with van der Waals surface area (Å²) in [4.78, 5) is 24.9. The van der Waals surface area contributed by atoms with Crippen LogP contribution in [0.2, 0.25) is 0 Å². The van der Waals surface area contributed by atoms with E-state index >= 15 is 0 Å². The first-order valence-corrected chi connectivity index (χ1v) is 7.40. The van der Waals surface area contributed by atoms with Crippen LogP contribution in [0.25, 0.3) is 0 Å². The number of fused-ring (bicyclic) bond motifs is 1. The van der Waals surface area contributed by atoms with Gasteiger partial charge in [-0.15, -0.1) is 0 Å². The quantitative estimate of drug-likeness (QED) is 0.572. The maximum Gasteiger partial charge on any atom is 0.305 e. The third-order valence-electron chi connectivity index (χ3n) is 3.38. The van der Waals surface area contributed by atoms with Crippen LogP contribution in [0, 0.1) is 0 Å². The lowest BCUT2D eigenvalue weighted by molar-refractivity contribution is -0.143. The Balaban J connectivity index is 1.78. The monoisotopic (exact) mass is 291 g/mol. The predicted molar refractivity (Wildman–Crippen MR) is 79.4 cm³/mol. The molecule has 5 nitrogen and oxygen atoms in total.